The molecular formula is C21H28N2O3S. The zero-order chi connectivity index (χ0) is 20.2. The minimum absolute atomic E-state index is 0.0179. The van der Waals surface area contributed by atoms with Gasteiger partial charge in [0.15, 0.2) is 5.78 Å². The zero-order valence-electron chi connectivity index (χ0n) is 16.6. The fourth-order valence-electron chi connectivity index (χ4n) is 2.61. The molecule has 0 atom stereocenters. The van der Waals surface area contributed by atoms with Gasteiger partial charge >= 0.3 is 0 Å². The maximum absolute atomic E-state index is 12.2. The predicted octanol–water partition coefficient (Wildman–Crippen LogP) is 1.79. The highest BCUT2D eigenvalue weighted by Crippen LogP contribution is 2.19. The van der Waals surface area contributed by atoms with E-state index in [2.05, 4.69) is 16.0 Å². The van der Waals surface area contributed by atoms with Crippen molar-refractivity contribution in [3.05, 3.63) is 48.9 Å². The van der Waals surface area contributed by atoms with Gasteiger partial charge in [-0.2, -0.15) is 0 Å². The van der Waals surface area contributed by atoms with Crippen molar-refractivity contribution in [1.29, 1.82) is 0 Å². The summed E-state index contributed by atoms with van der Waals surface area (Å²) in [5.41, 5.74) is 2.39. The Bertz CT molecular complexity index is 980. The SMILES string of the molecule is CCN(CCO)c1ccc(/C=c2\s/c(=C\C(=O)C(C)(C)C)[nH]c2=O)c(C)c1. The molecule has 2 rings (SSSR count). The topological polar surface area (TPSA) is 73.4 Å². The summed E-state index contributed by atoms with van der Waals surface area (Å²) in [6.45, 7) is 11.1. The number of aliphatic hydroxyl groups is 1. The van der Waals surface area contributed by atoms with E-state index in [9.17, 15) is 14.7 Å². The fraction of sp³-hybridized carbons (Fsp3) is 0.429. The lowest BCUT2D eigenvalue weighted by molar-refractivity contribution is -0.119. The van der Waals surface area contributed by atoms with Crippen LogP contribution in [0.3, 0.4) is 0 Å². The number of hydrogen-bond acceptors (Lipinski definition) is 5. The maximum Gasteiger partial charge on any atom is 0.266 e. The molecule has 0 unspecified atom stereocenters. The lowest BCUT2D eigenvalue weighted by Crippen LogP contribution is -2.26. The minimum atomic E-state index is -0.475. The highest BCUT2D eigenvalue weighted by atomic mass is 32.1. The van der Waals surface area contributed by atoms with Gasteiger partial charge in [0.25, 0.3) is 5.56 Å². The first kappa shape index (κ1) is 21.1. The summed E-state index contributed by atoms with van der Waals surface area (Å²) in [5, 5.41) is 9.18. The number of benzene rings is 1. The first-order valence-electron chi connectivity index (χ1n) is 9.09. The largest absolute Gasteiger partial charge is 0.395 e. The summed E-state index contributed by atoms with van der Waals surface area (Å²) < 4.78 is 1.14. The maximum atomic E-state index is 12.2. The zero-order valence-corrected chi connectivity index (χ0v) is 17.4. The van der Waals surface area contributed by atoms with E-state index in [0.717, 1.165) is 23.4 Å². The number of carbonyl (C=O) groups excluding carboxylic acids is 1. The van der Waals surface area contributed by atoms with Crippen LogP contribution in [0.15, 0.2) is 23.0 Å². The molecule has 5 nitrogen and oxygen atoms in total. The molecule has 27 heavy (non-hydrogen) atoms. The van der Waals surface area contributed by atoms with Crippen LogP contribution < -0.4 is 19.7 Å². The molecule has 1 aromatic heterocycles. The Balaban J connectivity index is 2.41. The number of H-pyrrole nitrogens is 1. The number of anilines is 1. The third-order valence-electron chi connectivity index (χ3n) is 4.34. The van der Waals surface area contributed by atoms with E-state index >= 15 is 0 Å². The van der Waals surface area contributed by atoms with Crippen LogP contribution in [0.2, 0.25) is 0 Å². The molecule has 1 heterocycles. The van der Waals surface area contributed by atoms with Gasteiger partial charge in [0.1, 0.15) is 0 Å². The van der Waals surface area contributed by atoms with Crippen LogP contribution in [0.1, 0.15) is 38.8 Å². The number of carbonyl (C=O) groups is 1. The van der Waals surface area contributed by atoms with Gasteiger partial charge in [0.2, 0.25) is 0 Å². The first-order chi connectivity index (χ1) is 12.7. The van der Waals surface area contributed by atoms with Crippen LogP contribution in [0.25, 0.3) is 12.2 Å². The third kappa shape index (κ3) is 5.40. The fourth-order valence-corrected chi connectivity index (χ4v) is 3.49. The summed E-state index contributed by atoms with van der Waals surface area (Å²) in [5.74, 6) is -0.0179. The number of likely N-dealkylation sites (N-methyl/N-ethyl adjacent to an activating group) is 1. The molecule has 0 aliphatic heterocycles. The summed E-state index contributed by atoms with van der Waals surface area (Å²) in [6, 6.07) is 6.03. The van der Waals surface area contributed by atoms with Gasteiger partial charge in [-0.3, -0.25) is 9.59 Å². The molecule has 0 amide bonds. The van der Waals surface area contributed by atoms with Gasteiger partial charge in [-0.1, -0.05) is 26.8 Å². The summed E-state index contributed by atoms with van der Waals surface area (Å²) in [6.07, 6.45) is 3.36. The molecule has 1 aromatic carbocycles. The highest BCUT2D eigenvalue weighted by molar-refractivity contribution is 7.07. The molecule has 0 aliphatic rings. The van der Waals surface area contributed by atoms with Crippen LogP contribution >= 0.6 is 11.3 Å². The number of nitrogens with one attached hydrogen (secondary N) is 1. The monoisotopic (exact) mass is 388 g/mol. The van der Waals surface area contributed by atoms with Crippen molar-refractivity contribution < 1.29 is 9.90 Å². The number of aryl methyl sites for hydroxylation is 1. The van der Waals surface area contributed by atoms with Crippen molar-refractivity contribution in [2.75, 3.05) is 24.6 Å². The second-order valence-corrected chi connectivity index (χ2v) is 8.62. The second-order valence-electron chi connectivity index (χ2n) is 7.53. The van der Waals surface area contributed by atoms with Gasteiger partial charge in [0, 0.05) is 30.3 Å². The van der Waals surface area contributed by atoms with Crippen molar-refractivity contribution in [3.63, 3.8) is 0 Å². The number of aliphatic hydroxyl groups excluding tert-OH is 1. The molecule has 2 N–H and O–H groups in total. The summed E-state index contributed by atoms with van der Waals surface area (Å²) >= 11 is 1.29. The van der Waals surface area contributed by atoms with Crippen molar-refractivity contribution in [2.45, 2.75) is 34.6 Å². The lowest BCUT2D eigenvalue weighted by Gasteiger charge is -2.22. The number of ketones is 1. The van der Waals surface area contributed by atoms with Crippen molar-refractivity contribution in [2.24, 2.45) is 5.41 Å². The minimum Gasteiger partial charge on any atom is -0.395 e. The Morgan fingerprint density at radius 2 is 2.04 bits per heavy atom. The van der Waals surface area contributed by atoms with Gasteiger partial charge < -0.3 is 15.0 Å². The average molecular weight is 389 g/mol. The van der Waals surface area contributed by atoms with E-state index in [4.69, 9.17) is 0 Å². The van der Waals surface area contributed by atoms with E-state index in [1.807, 2.05) is 52.8 Å². The van der Waals surface area contributed by atoms with Gasteiger partial charge in [0.05, 0.1) is 15.8 Å². The van der Waals surface area contributed by atoms with Crippen LogP contribution in [-0.2, 0) is 4.79 Å². The number of aromatic nitrogens is 1. The van der Waals surface area contributed by atoms with Crippen molar-refractivity contribution in [1.82, 2.24) is 4.98 Å². The highest BCUT2D eigenvalue weighted by Gasteiger charge is 2.18. The molecule has 2 aromatic rings. The number of aromatic amines is 1. The Labute approximate surface area is 163 Å². The molecule has 0 spiro atoms. The van der Waals surface area contributed by atoms with Crippen LogP contribution in [0.5, 0.6) is 0 Å². The Kier molecular flexibility index (Phi) is 6.78. The Hall–Kier alpha value is -2.18. The molecule has 0 saturated heterocycles. The number of rotatable bonds is 6. The van der Waals surface area contributed by atoms with E-state index in [-0.39, 0.29) is 17.9 Å². The van der Waals surface area contributed by atoms with Gasteiger partial charge in [-0.15, -0.1) is 11.3 Å². The number of hydrogen-bond donors (Lipinski definition) is 2. The van der Waals surface area contributed by atoms with Crippen LogP contribution in [-0.4, -0.2) is 35.6 Å². The number of nitrogens with zero attached hydrogens (tertiary/aromatic N) is 1. The molecule has 0 aliphatic carbocycles. The molecular weight excluding hydrogens is 360 g/mol. The smallest absolute Gasteiger partial charge is 0.266 e. The molecule has 0 fully saturated rings. The molecule has 0 radical (unpaired) electrons. The number of Topliss-reactive ketones (excluding diaryl/α,β-unsaturated/α-hetero) is 1. The molecule has 0 bridgehead atoms. The number of thiazole rings is 1. The predicted molar refractivity (Wildman–Crippen MR) is 113 cm³/mol. The summed E-state index contributed by atoms with van der Waals surface area (Å²) in [7, 11) is 0. The third-order valence-corrected chi connectivity index (χ3v) is 5.30. The molecule has 146 valence electrons. The lowest BCUT2D eigenvalue weighted by atomic mass is 9.91. The van der Waals surface area contributed by atoms with E-state index in [1.54, 1.807) is 0 Å². The van der Waals surface area contributed by atoms with E-state index in [1.165, 1.54) is 17.4 Å². The van der Waals surface area contributed by atoms with E-state index < -0.39 is 5.41 Å². The van der Waals surface area contributed by atoms with E-state index in [0.29, 0.717) is 15.7 Å². The van der Waals surface area contributed by atoms with Gasteiger partial charge in [-0.25, -0.2) is 0 Å². The van der Waals surface area contributed by atoms with Crippen molar-refractivity contribution >= 4 is 35.0 Å². The molecule has 0 saturated carbocycles. The Morgan fingerprint density at radius 1 is 1.33 bits per heavy atom. The standard InChI is InChI=1S/C21H28N2O3S/c1-6-23(9-10-24)16-8-7-15(14(2)11-16)12-17-20(26)22-19(27-17)13-18(25)21(3,4)5/h7-8,11-13,24H,6,9-10H2,1-5H3,(H,22,26)/b17-12-,19-13-. The van der Waals surface area contributed by atoms with Crippen LogP contribution in [0.4, 0.5) is 5.69 Å². The quantitative estimate of drug-likeness (QED) is 0.791. The van der Waals surface area contributed by atoms with Gasteiger partial charge in [-0.05, 0) is 43.2 Å². The Morgan fingerprint density at radius 3 is 2.59 bits per heavy atom. The second kappa shape index (κ2) is 8.67. The molecule has 6 heteroatoms. The normalized spacial score (nSPS) is 13.3. The average Bonchev–Trinajstić information content (AvgIpc) is 2.93. The van der Waals surface area contributed by atoms with Crippen LogP contribution in [0, 0.1) is 12.3 Å². The first-order valence-corrected chi connectivity index (χ1v) is 9.91. The van der Waals surface area contributed by atoms with Crippen molar-refractivity contribution in [3.8, 4) is 0 Å². The summed E-state index contributed by atoms with van der Waals surface area (Å²) in [4.78, 5) is 29.3.